The van der Waals surface area contributed by atoms with Crippen LogP contribution in [0.25, 0.3) is 0 Å². The monoisotopic (exact) mass is 345 g/mol. The van der Waals surface area contributed by atoms with Gasteiger partial charge in [-0.3, -0.25) is 14.6 Å². The summed E-state index contributed by atoms with van der Waals surface area (Å²) in [5.41, 5.74) is 1.58. The van der Waals surface area contributed by atoms with Gasteiger partial charge in [0.15, 0.2) is 0 Å². The van der Waals surface area contributed by atoms with E-state index in [2.05, 4.69) is 10.3 Å². The fraction of sp³-hybridized carbons (Fsp3) is 0.278. The Balaban J connectivity index is 1.59. The molecule has 1 saturated heterocycles. The van der Waals surface area contributed by atoms with Crippen LogP contribution in [0.4, 0.5) is 14.5 Å². The van der Waals surface area contributed by atoms with Crippen LogP contribution in [-0.4, -0.2) is 23.3 Å². The first-order valence-electron chi connectivity index (χ1n) is 7.98. The average Bonchev–Trinajstić information content (AvgIpc) is 3.02. The van der Waals surface area contributed by atoms with Crippen LogP contribution in [0.15, 0.2) is 36.7 Å². The van der Waals surface area contributed by atoms with Crippen molar-refractivity contribution in [3.63, 3.8) is 0 Å². The van der Waals surface area contributed by atoms with Crippen molar-refractivity contribution in [3.8, 4) is 0 Å². The van der Waals surface area contributed by atoms with Crippen LogP contribution < -0.4 is 10.2 Å². The average molecular weight is 345 g/mol. The van der Waals surface area contributed by atoms with Gasteiger partial charge in [0.1, 0.15) is 11.6 Å². The highest BCUT2D eigenvalue weighted by Crippen LogP contribution is 2.21. The Morgan fingerprint density at radius 1 is 1.24 bits per heavy atom. The molecular formula is C18H17F2N3O2. The molecule has 0 radical (unpaired) electrons. The first kappa shape index (κ1) is 17.0. The second-order valence-corrected chi connectivity index (χ2v) is 5.89. The van der Waals surface area contributed by atoms with Crippen LogP contribution in [0, 0.1) is 11.6 Å². The zero-order valence-corrected chi connectivity index (χ0v) is 13.5. The number of nitrogens with one attached hydrogen (secondary N) is 1. The van der Waals surface area contributed by atoms with Crippen molar-refractivity contribution in [2.24, 2.45) is 0 Å². The van der Waals surface area contributed by atoms with E-state index in [1.807, 2.05) is 0 Å². The van der Waals surface area contributed by atoms with Gasteiger partial charge in [0.2, 0.25) is 11.8 Å². The molecule has 2 amide bonds. The molecule has 1 N–H and O–H groups in total. The number of aromatic nitrogens is 1. The summed E-state index contributed by atoms with van der Waals surface area (Å²) in [5, 5.41) is 2.68. The number of benzene rings is 1. The third-order valence-corrected chi connectivity index (χ3v) is 4.02. The van der Waals surface area contributed by atoms with Crippen molar-refractivity contribution in [1.82, 2.24) is 10.3 Å². The van der Waals surface area contributed by atoms with E-state index in [0.717, 1.165) is 24.1 Å². The smallest absolute Gasteiger partial charge is 0.227 e. The number of rotatable bonds is 5. The molecule has 0 spiro atoms. The maximum atomic E-state index is 13.6. The summed E-state index contributed by atoms with van der Waals surface area (Å²) >= 11 is 0. The van der Waals surface area contributed by atoms with Crippen LogP contribution in [0.3, 0.4) is 0 Å². The Labute approximate surface area is 143 Å². The molecule has 1 aliphatic heterocycles. The fourth-order valence-corrected chi connectivity index (χ4v) is 2.74. The predicted octanol–water partition coefficient (Wildman–Crippen LogP) is 2.35. The molecule has 0 aliphatic carbocycles. The Hall–Kier alpha value is -2.83. The molecule has 25 heavy (non-hydrogen) atoms. The van der Waals surface area contributed by atoms with E-state index in [1.165, 1.54) is 6.07 Å². The number of pyridine rings is 1. The zero-order valence-electron chi connectivity index (χ0n) is 13.5. The van der Waals surface area contributed by atoms with Gasteiger partial charge in [-0.05, 0) is 29.7 Å². The highest BCUT2D eigenvalue weighted by atomic mass is 19.1. The van der Waals surface area contributed by atoms with Gasteiger partial charge in [-0.15, -0.1) is 0 Å². The third-order valence-electron chi connectivity index (χ3n) is 4.02. The topological polar surface area (TPSA) is 62.3 Å². The number of anilines is 1. The van der Waals surface area contributed by atoms with Gasteiger partial charge >= 0.3 is 0 Å². The van der Waals surface area contributed by atoms with E-state index in [-0.39, 0.29) is 30.3 Å². The Kier molecular flexibility index (Phi) is 5.02. The summed E-state index contributed by atoms with van der Waals surface area (Å²) in [6.07, 6.45) is 4.39. The molecule has 1 aromatic carbocycles. The van der Waals surface area contributed by atoms with E-state index in [1.54, 1.807) is 23.4 Å². The zero-order chi connectivity index (χ0) is 17.8. The minimum absolute atomic E-state index is 0.0646. The van der Waals surface area contributed by atoms with Crippen molar-refractivity contribution in [3.05, 3.63) is 59.4 Å². The van der Waals surface area contributed by atoms with Gasteiger partial charge in [0, 0.05) is 31.8 Å². The van der Waals surface area contributed by atoms with Gasteiger partial charge in [0.05, 0.1) is 18.3 Å². The van der Waals surface area contributed by atoms with E-state index in [0.29, 0.717) is 18.7 Å². The standard InChI is InChI=1S/C18H17F2N3O2/c19-14-4-3-13(16(20)8-14)7-17(24)22-10-12-6-15(11-21-9-12)23-5-1-2-18(23)25/h3-4,6,8-9,11H,1-2,5,7,10H2,(H,22,24). The van der Waals surface area contributed by atoms with Crippen LogP contribution in [0.5, 0.6) is 0 Å². The summed E-state index contributed by atoms with van der Waals surface area (Å²) < 4.78 is 26.4. The molecule has 1 aliphatic rings. The highest BCUT2D eigenvalue weighted by molar-refractivity contribution is 5.95. The lowest BCUT2D eigenvalue weighted by Crippen LogP contribution is -2.26. The maximum Gasteiger partial charge on any atom is 0.227 e. The van der Waals surface area contributed by atoms with Crippen LogP contribution in [-0.2, 0) is 22.6 Å². The van der Waals surface area contributed by atoms with Gasteiger partial charge in [-0.25, -0.2) is 8.78 Å². The number of carbonyl (C=O) groups excluding carboxylic acids is 2. The minimum Gasteiger partial charge on any atom is -0.352 e. The van der Waals surface area contributed by atoms with Crippen molar-refractivity contribution >= 4 is 17.5 Å². The summed E-state index contributed by atoms with van der Waals surface area (Å²) in [7, 11) is 0. The summed E-state index contributed by atoms with van der Waals surface area (Å²) in [6.45, 7) is 0.880. The Bertz CT molecular complexity index is 811. The molecule has 3 rings (SSSR count). The predicted molar refractivity (Wildman–Crippen MR) is 87.7 cm³/mol. The van der Waals surface area contributed by atoms with E-state index >= 15 is 0 Å². The summed E-state index contributed by atoms with van der Waals surface area (Å²) in [4.78, 5) is 29.5. The molecular weight excluding hydrogens is 328 g/mol. The maximum absolute atomic E-state index is 13.6. The van der Waals surface area contributed by atoms with Crippen LogP contribution >= 0.6 is 0 Å². The number of carbonyl (C=O) groups is 2. The summed E-state index contributed by atoms with van der Waals surface area (Å²) in [6, 6.07) is 4.93. The van der Waals surface area contributed by atoms with Crippen LogP contribution in [0.2, 0.25) is 0 Å². The first-order valence-corrected chi connectivity index (χ1v) is 7.98. The normalized spacial score (nSPS) is 14.0. The molecule has 0 saturated carbocycles. The molecule has 0 bridgehead atoms. The second-order valence-electron chi connectivity index (χ2n) is 5.89. The molecule has 0 atom stereocenters. The van der Waals surface area contributed by atoms with Crippen molar-refractivity contribution < 1.29 is 18.4 Å². The van der Waals surface area contributed by atoms with Crippen molar-refractivity contribution in [2.75, 3.05) is 11.4 Å². The molecule has 1 fully saturated rings. The van der Waals surface area contributed by atoms with Gasteiger partial charge in [-0.2, -0.15) is 0 Å². The number of hydrogen-bond donors (Lipinski definition) is 1. The SMILES string of the molecule is O=C(Cc1ccc(F)cc1F)NCc1cncc(N2CCCC2=O)c1. The third kappa shape index (κ3) is 4.17. The lowest BCUT2D eigenvalue weighted by atomic mass is 10.1. The molecule has 5 nitrogen and oxygen atoms in total. The van der Waals surface area contributed by atoms with Crippen LogP contribution in [0.1, 0.15) is 24.0 Å². The molecule has 130 valence electrons. The molecule has 7 heteroatoms. The molecule has 1 aromatic heterocycles. The number of hydrogen-bond acceptors (Lipinski definition) is 3. The highest BCUT2D eigenvalue weighted by Gasteiger charge is 2.22. The minimum atomic E-state index is -0.744. The van der Waals surface area contributed by atoms with Gasteiger partial charge in [-0.1, -0.05) is 6.07 Å². The number of amides is 2. The molecule has 2 heterocycles. The second kappa shape index (κ2) is 7.38. The Morgan fingerprint density at radius 2 is 2.08 bits per heavy atom. The van der Waals surface area contributed by atoms with E-state index in [4.69, 9.17) is 0 Å². The van der Waals surface area contributed by atoms with Gasteiger partial charge < -0.3 is 10.2 Å². The lowest BCUT2D eigenvalue weighted by molar-refractivity contribution is -0.120. The van der Waals surface area contributed by atoms with E-state index in [9.17, 15) is 18.4 Å². The Morgan fingerprint density at radius 3 is 2.80 bits per heavy atom. The number of nitrogens with zero attached hydrogens (tertiary/aromatic N) is 2. The fourth-order valence-electron chi connectivity index (χ4n) is 2.74. The number of halogens is 2. The van der Waals surface area contributed by atoms with Crippen molar-refractivity contribution in [1.29, 1.82) is 0 Å². The van der Waals surface area contributed by atoms with Crippen molar-refractivity contribution in [2.45, 2.75) is 25.8 Å². The molecule has 0 unspecified atom stereocenters. The molecule has 2 aromatic rings. The quantitative estimate of drug-likeness (QED) is 0.905. The lowest BCUT2D eigenvalue weighted by Gasteiger charge is -2.16. The van der Waals surface area contributed by atoms with Gasteiger partial charge in [0.25, 0.3) is 0 Å². The van der Waals surface area contributed by atoms with E-state index < -0.39 is 11.6 Å². The first-order chi connectivity index (χ1) is 12.0. The summed E-state index contributed by atoms with van der Waals surface area (Å²) in [5.74, 6) is -1.74. The largest absolute Gasteiger partial charge is 0.352 e.